The maximum Gasteiger partial charge on any atom is 0.331 e. The quantitative estimate of drug-likeness (QED) is 0.282. The fourth-order valence-corrected chi connectivity index (χ4v) is 5.69. The molecule has 2 aliphatic rings. The van der Waals surface area contributed by atoms with Crippen molar-refractivity contribution in [2.75, 3.05) is 7.11 Å². The lowest BCUT2D eigenvalue weighted by molar-refractivity contribution is -0.156. The van der Waals surface area contributed by atoms with Crippen LogP contribution in [0.15, 0.2) is 30.3 Å². The van der Waals surface area contributed by atoms with Crippen LogP contribution in [0.2, 0.25) is 0 Å². The van der Waals surface area contributed by atoms with Crippen LogP contribution >= 0.6 is 0 Å². The molecule has 1 aromatic rings. The van der Waals surface area contributed by atoms with Crippen LogP contribution in [0, 0.1) is 5.92 Å². The Morgan fingerprint density at radius 1 is 0.744 bits per heavy atom. The predicted molar refractivity (Wildman–Crippen MR) is 144 cm³/mol. The van der Waals surface area contributed by atoms with Gasteiger partial charge in [-0.1, -0.05) is 70.6 Å². The molecule has 0 aromatic heterocycles. The molecular weight excluding hydrogens is 502 g/mol. The van der Waals surface area contributed by atoms with Crippen LogP contribution in [-0.4, -0.2) is 70.3 Å². The van der Waals surface area contributed by atoms with Crippen molar-refractivity contribution in [3.8, 4) is 0 Å². The summed E-state index contributed by atoms with van der Waals surface area (Å²) in [4.78, 5) is 52.7. The van der Waals surface area contributed by atoms with Gasteiger partial charge in [0.25, 0.3) is 5.91 Å². The van der Waals surface area contributed by atoms with Crippen LogP contribution in [0.4, 0.5) is 0 Å². The second kappa shape index (κ2) is 13.4. The number of carbonyl (C=O) groups is 4. The monoisotopic (exact) mass is 545 g/mol. The third-order valence-electron chi connectivity index (χ3n) is 8.06. The largest absolute Gasteiger partial charge is 0.467 e. The molecule has 10 nitrogen and oxygen atoms in total. The minimum absolute atomic E-state index is 0.330. The Balaban J connectivity index is 1.82. The van der Waals surface area contributed by atoms with Gasteiger partial charge in [0.15, 0.2) is 6.04 Å². The zero-order chi connectivity index (χ0) is 28.6. The van der Waals surface area contributed by atoms with Gasteiger partial charge in [0.1, 0.15) is 12.1 Å². The van der Waals surface area contributed by atoms with Crippen LogP contribution in [0.25, 0.3) is 0 Å². The molecule has 2 fully saturated rings. The summed E-state index contributed by atoms with van der Waals surface area (Å²) in [6, 6.07) is 4.73. The molecule has 0 bridgehead atoms. The molecule has 3 amide bonds. The van der Waals surface area contributed by atoms with Crippen LogP contribution < -0.4 is 16.0 Å². The zero-order valence-electron chi connectivity index (χ0n) is 23.2. The summed E-state index contributed by atoms with van der Waals surface area (Å²) in [5, 5.41) is 30.7. The number of esters is 1. The van der Waals surface area contributed by atoms with E-state index in [1.54, 1.807) is 44.2 Å². The number of ether oxygens (including phenoxy) is 1. The molecule has 3 rings (SSSR count). The van der Waals surface area contributed by atoms with E-state index < -0.39 is 58.9 Å². The van der Waals surface area contributed by atoms with E-state index in [1.807, 2.05) is 0 Å². The van der Waals surface area contributed by atoms with Crippen molar-refractivity contribution in [1.29, 1.82) is 0 Å². The molecule has 0 aliphatic heterocycles. The summed E-state index contributed by atoms with van der Waals surface area (Å²) >= 11 is 0. The van der Waals surface area contributed by atoms with Crippen LogP contribution in [0.5, 0.6) is 0 Å². The zero-order valence-corrected chi connectivity index (χ0v) is 23.2. The van der Waals surface area contributed by atoms with E-state index in [0.717, 1.165) is 12.8 Å². The number of amides is 3. The minimum Gasteiger partial charge on any atom is -0.467 e. The van der Waals surface area contributed by atoms with E-state index in [4.69, 9.17) is 4.74 Å². The SMILES string of the molecule is COC(=O)[C@@H](NC(=O)[C@@H](NC(=O)[C@@H](NC(=O)c1ccccc1)C1(O)CCCCC1)C(C)C)C1(O)CCCCC1. The maximum absolute atomic E-state index is 13.7. The summed E-state index contributed by atoms with van der Waals surface area (Å²) in [5.41, 5.74) is -2.58. The molecular formula is C29H43N3O7. The fourth-order valence-electron chi connectivity index (χ4n) is 5.69. The number of aliphatic hydroxyl groups is 2. The molecule has 10 heteroatoms. The topological polar surface area (TPSA) is 154 Å². The third-order valence-corrected chi connectivity index (χ3v) is 8.06. The van der Waals surface area contributed by atoms with Gasteiger partial charge in [-0.05, 0) is 43.7 Å². The Labute approximate surface area is 230 Å². The summed E-state index contributed by atoms with van der Waals surface area (Å²) in [7, 11) is 1.19. The standard InChI is InChI=1S/C29H43N3O7/c1-19(2)21(25(34)32-23(27(36)39-3)29(38)17-11-6-12-18-29)30-26(35)22(28(37)15-9-5-10-16-28)31-24(33)20-13-7-4-8-14-20/h4,7-8,13-14,19,21-23,37-38H,5-6,9-12,15-18H2,1-3H3,(H,30,35)(H,31,33)(H,32,34)/t21-,22+,23+/m0/s1. The van der Waals surface area contributed by atoms with Crippen LogP contribution in [0.1, 0.15) is 88.4 Å². The van der Waals surface area contributed by atoms with Gasteiger partial charge in [-0.3, -0.25) is 14.4 Å². The first kappa shape index (κ1) is 30.6. The van der Waals surface area contributed by atoms with Crippen molar-refractivity contribution < 1.29 is 34.1 Å². The third kappa shape index (κ3) is 7.57. The van der Waals surface area contributed by atoms with Crippen molar-refractivity contribution in [3.05, 3.63) is 35.9 Å². The Morgan fingerprint density at radius 2 is 1.26 bits per heavy atom. The Bertz CT molecular complexity index is 1000. The molecule has 0 unspecified atom stereocenters. The normalized spacial score (nSPS) is 20.7. The summed E-state index contributed by atoms with van der Waals surface area (Å²) in [5.74, 6) is -3.02. The van der Waals surface area contributed by atoms with Gasteiger partial charge in [-0.2, -0.15) is 0 Å². The number of benzene rings is 1. The van der Waals surface area contributed by atoms with Gasteiger partial charge in [0.2, 0.25) is 11.8 Å². The number of methoxy groups -OCH3 is 1. The average molecular weight is 546 g/mol. The van der Waals surface area contributed by atoms with Gasteiger partial charge in [0.05, 0.1) is 18.3 Å². The second-order valence-electron chi connectivity index (χ2n) is 11.3. The molecule has 3 atom stereocenters. The molecule has 2 saturated carbocycles. The number of rotatable bonds is 10. The molecule has 0 radical (unpaired) electrons. The molecule has 39 heavy (non-hydrogen) atoms. The first-order valence-electron chi connectivity index (χ1n) is 14.0. The van der Waals surface area contributed by atoms with Gasteiger partial charge in [-0.15, -0.1) is 0 Å². The average Bonchev–Trinajstić information content (AvgIpc) is 2.93. The van der Waals surface area contributed by atoms with Crippen LogP contribution in [0.3, 0.4) is 0 Å². The smallest absolute Gasteiger partial charge is 0.331 e. The molecule has 0 spiro atoms. The summed E-state index contributed by atoms with van der Waals surface area (Å²) < 4.78 is 4.89. The first-order valence-corrected chi connectivity index (χ1v) is 14.0. The van der Waals surface area contributed by atoms with Crippen molar-refractivity contribution >= 4 is 23.7 Å². The second-order valence-corrected chi connectivity index (χ2v) is 11.3. The molecule has 1 aromatic carbocycles. The summed E-state index contributed by atoms with van der Waals surface area (Å²) in [6.07, 6.45) is 6.01. The van der Waals surface area contributed by atoms with E-state index in [-0.39, 0.29) is 0 Å². The van der Waals surface area contributed by atoms with Gasteiger partial charge in [0, 0.05) is 5.56 Å². The maximum atomic E-state index is 13.7. The Kier molecular flexibility index (Phi) is 10.5. The molecule has 0 saturated heterocycles. The van der Waals surface area contributed by atoms with Gasteiger partial charge >= 0.3 is 5.97 Å². The highest BCUT2D eigenvalue weighted by molar-refractivity contribution is 5.99. The number of carbonyl (C=O) groups excluding carboxylic acids is 4. The predicted octanol–water partition coefficient (Wildman–Crippen LogP) is 1.97. The molecule has 5 N–H and O–H groups in total. The minimum atomic E-state index is -1.48. The molecule has 0 heterocycles. The van der Waals surface area contributed by atoms with E-state index in [2.05, 4.69) is 16.0 Å². The van der Waals surface area contributed by atoms with Crippen molar-refractivity contribution in [2.24, 2.45) is 5.92 Å². The Morgan fingerprint density at radius 3 is 1.74 bits per heavy atom. The van der Waals surface area contributed by atoms with Gasteiger partial charge in [-0.25, -0.2) is 4.79 Å². The first-order chi connectivity index (χ1) is 18.5. The molecule has 216 valence electrons. The highest BCUT2D eigenvalue weighted by Crippen LogP contribution is 2.33. The number of hydrogen-bond acceptors (Lipinski definition) is 7. The number of nitrogens with one attached hydrogen (secondary N) is 3. The van der Waals surface area contributed by atoms with E-state index in [1.165, 1.54) is 7.11 Å². The fraction of sp³-hybridized carbons (Fsp3) is 0.655. The lowest BCUT2D eigenvalue weighted by atomic mass is 9.78. The summed E-state index contributed by atoms with van der Waals surface area (Å²) in [6.45, 7) is 3.47. The molecule has 2 aliphatic carbocycles. The highest BCUT2D eigenvalue weighted by Gasteiger charge is 2.47. The van der Waals surface area contributed by atoms with E-state index in [9.17, 15) is 29.4 Å². The lowest BCUT2D eigenvalue weighted by Crippen LogP contribution is -2.65. The van der Waals surface area contributed by atoms with Crippen molar-refractivity contribution in [1.82, 2.24) is 16.0 Å². The van der Waals surface area contributed by atoms with Gasteiger partial charge < -0.3 is 30.9 Å². The number of hydrogen-bond donors (Lipinski definition) is 5. The van der Waals surface area contributed by atoms with E-state index >= 15 is 0 Å². The van der Waals surface area contributed by atoms with Crippen molar-refractivity contribution in [3.63, 3.8) is 0 Å². The van der Waals surface area contributed by atoms with Crippen LogP contribution in [-0.2, 0) is 19.1 Å². The Hall–Kier alpha value is -2.98. The van der Waals surface area contributed by atoms with Crippen molar-refractivity contribution in [2.45, 2.75) is 107 Å². The van der Waals surface area contributed by atoms with E-state index in [0.29, 0.717) is 56.9 Å². The highest BCUT2D eigenvalue weighted by atomic mass is 16.5. The lowest BCUT2D eigenvalue weighted by Gasteiger charge is -2.40.